The molecule has 0 bridgehead atoms. The summed E-state index contributed by atoms with van der Waals surface area (Å²) >= 11 is 0. The van der Waals surface area contributed by atoms with Crippen molar-refractivity contribution >= 4 is 16.8 Å². The normalized spacial score (nSPS) is 14.1. The van der Waals surface area contributed by atoms with Gasteiger partial charge in [-0.2, -0.15) is 0 Å². The van der Waals surface area contributed by atoms with Gasteiger partial charge in [0.15, 0.2) is 0 Å². The number of methoxy groups -OCH3 is 1. The maximum atomic E-state index is 13.2. The third-order valence-corrected chi connectivity index (χ3v) is 5.12. The molecular formula is C22H24N4O2. The molecule has 0 saturated carbocycles. The Hall–Kier alpha value is -3.02. The molecule has 0 atom stereocenters. The molecule has 0 radical (unpaired) electrons. The Balaban J connectivity index is 1.85. The summed E-state index contributed by atoms with van der Waals surface area (Å²) in [5, 5.41) is 0.834. The Bertz CT molecular complexity index is 1010. The number of amides is 1. The van der Waals surface area contributed by atoms with Gasteiger partial charge < -0.3 is 9.64 Å². The minimum atomic E-state index is 0.0519. The molecule has 1 fully saturated rings. The minimum Gasteiger partial charge on any atom is -0.497 e. The fraction of sp³-hybridized carbons (Fsp3) is 0.364. The summed E-state index contributed by atoms with van der Waals surface area (Å²) in [6.07, 6.45) is 5.67. The predicted octanol–water partition coefficient (Wildman–Crippen LogP) is 4.06. The first-order valence-electron chi connectivity index (χ1n) is 9.67. The fourth-order valence-corrected chi connectivity index (χ4v) is 3.52. The summed E-state index contributed by atoms with van der Waals surface area (Å²) in [4.78, 5) is 28.8. The number of pyridine rings is 1. The zero-order valence-electron chi connectivity index (χ0n) is 16.5. The van der Waals surface area contributed by atoms with E-state index in [1.807, 2.05) is 29.2 Å². The Labute approximate surface area is 164 Å². The van der Waals surface area contributed by atoms with Crippen LogP contribution in [0.5, 0.6) is 5.75 Å². The van der Waals surface area contributed by atoms with Crippen LogP contribution in [0.15, 0.2) is 36.7 Å². The van der Waals surface area contributed by atoms with Crippen LogP contribution in [0.4, 0.5) is 0 Å². The molecule has 1 aromatic carbocycles. The Morgan fingerprint density at radius 3 is 2.46 bits per heavy atom. The van der Waals surface area contributed by atoms with Crippen molar-refractivity contribution in [3.63, 3.8) is 0 Å². The van der Waals surface area contributed by atoms with E-state index in [9.17, 15) is 4.79 Å². The van der Waals surface area contributed by atoms with Gasteiger partial charge in [-0.1, -0.05) is 13.8 Å². The van der Waals surface area contributed by atoms with E-state index in [2.05, 4.69) is 23.8 Å². The lowest BCUT2D eigenvalue weighted by Crippen LogP contribution is -2.27. The van der Waals surface area contributed by atoms with Crippen molar-refractivity contribution in [3.8, 4) is 17.0 Å². The number of carbonyl (C=O) groups is 1. The molecule has 6 heteroatoms. The molecule has 1 aliphatic heterocycles. The molecule has 6 nitrogen and oxygen atoms in total. The van der Waals surface area contributed by atoms with Crippen molar-refractivity contribution in [2.45, 2.75) is 32.6 Å². The van der Waals surface area contributed by atoms with E-state index in [-0.39, 0.29) is 11.8 Å². The van der Waals surface area contributed by atoms with Gasteiger partial charge >= 0.3 is 0 Å². The van der Waals surface area contributed by atoms with E-state index >= 15 is 0 Å². The molecule has 0 N–H and O–H groups in total. The monoisotopic (exact) mass is 376 g/mol. The van der Waals surface area contributed by atoms with Crippen molar-refractivity contribution in [2.24, 2.45) is 0 Å². The standard InChI is InChI=1S/C22H24N4O2/c1-14(2)21-23-12-15(13-24-21)19-11-18(22(27)26-8-4-5-9-26)17-7-6-16(28-3)10-20(17)25-19/h6-7,10-14H,4-5,8-9H2,1-3H3. The van der Waals surface area contributed by atoms with Crippen molar-refractivity contribution < 1.29 is 9.53 Å². The molecular weight excluding hydrogens is 352 g/mol. The van der Waals surface area contributed by atoms with Crippen LogP contribution in [0.2, 0.25) is 0 Å². The van der Waals surface area contributed by atoms with Gasteiger partial charge in [-0.15, -0.1) is 0 Å². The maximum absolute atomic E-state index is 13.2. The van der Waals surface area contributed by atoms with Crippen LogP contribution in [-0.2, 0) is 0 Å². The second-order valence-corrected chi connectivity index (χ2v) is 7.42. The minimum absolute atomic E-state index is 0.0519. The summed E-state index contributed by atoms with van der Waals surface area (Å²) in [6.45, 7) is 5.73. The molecule has 144 valence electrons. The van der Waals surface area contributed by atoms with Gasteiger partial charge in [0.25, 0.3) is 5.91 Å². The lowest BCUT2D eigenvalue weighted by atomic mass is 10.0. The van der Waals surface area contributed by atoms with Gasteiger partial charge in [-0.3, -0.25) is 4.79 Å². The highest BCUT2D eigenvalue weighted by Gasteiger charge is 2.23. The number of likely N-dealkylation sites (tertiary alicyclic amines) is 1. The molecule has 1 amide bonds. The third kappa shape index (κ3) is 3.42. The highest BCUT2D eigenvalue weighted by molar-refractivity contribution is 6.07. The smallest absolute Gasteiger partial charge is 0.254 e. The van der Waals surface area contributed by atoms with Crippen LogP contribution in [0.25, 0.3) is 22.2 Å². The van der Waals surface area contributed by atoms with Gasteiger partial charge in [0.2, 0.25) is 0 Å². The van der Waals surface area contributed by atoms with Crippen molar-refractivity contribution in [3.05, 3.63) is 48.0 Å². The van der Waals surface area contributed by atoms with E-state index in [1.165, 1.54) is 0 Å². The number of ether oxygens (including phenoxy) is 1. The first-order valence-corrected chi connectivity index (χ1v) is 9.67. The molecule has 0 unspecified atom stereocenters. The van der Waals surface area contributed by atoms with Crippen molar-refractivity contribution in [1.29, 1.82) is 0 Å². The highest BCUT2D eigenvalue weighted by Crippen LogP contribution is 2.29. The predicted molar refractivity (Wildman–Crippen MR) is 109 cm³/mol. The summed E-state index contributed by atoms with van der Waals surface area (Å²) < 4.78 is 5.35. The SMILES string of the molecule is COc1ccc2c(C(=O)N3CCCC3)cc(-c3cnc(C(C)C)nc3)nc2c1. The van der Waals surface area contributed by atoms with Gasteiger partial charge in [0.05, 0.1) is 23.9 Å². The first-order chi connectivity index (χ1) is 13.6. The number of fused-ring (bicyclic) bond motifs is 1. The van der Waals surface area contributed by atoms with Crippen LogP contribution in [0, 0.1) is 0 Å². The number of hydrogen-bond acceptors (Lipinski definition) is 5. The average molecular weight is 376 g/mol. The third-order valence-electron chi connectivity index (χ3n) is 5.12. The lowest BCUT2D eigenvalue weighted by Gasteiger charge is -2.17. The molecule has 1 saturated heterocycles. The average Bonchev–Trinajstić information content (AvgIpc) is 3.27. The number of nitrogens with zero attached hydrogens (tertiary/aromatic N) is 4. The largest absolute Gasteiger partial charge is 0.497 e. The summed E-state index contributed by atoms with van der Waals surface area (Å²) in [5.74, 6) is 1.81. The number of benzene rings is 1. The molecule has 2 aromatic heterocycles. The van der Waals surface area contributed by atoms with E-state index in [0.29, 0.717) is 17.0 Å². The topological polar surface area (TPSA) is 68.2 Å². The lowest BCUT2D eigenvalue weighted by molar-refractivity contribution is 0.0794. The number of carbonyl (C=O) groups excluding carboxylic acids is 1. The van der Waals surface area contributed by atoms with Crippen LogP contribution >= 0.6 is 0 Å². The summed E-state index contributed by atoms with van der Waals surface area (Å²) in [7, 11) is 1.62. The van der Waals surface area contributed by atoms with Gasteiger partial charge in [0.1, 0.15) is 11.6 Å². The zero-order chi connectivity index (χ0) is 19.7. The second-order valence-electron chi connectivity index (χ2n) is 7.42. The number of aromatic nitrogens is 3. The molecule has 0 spiro atoms. The Morgan fingerprint density at radius 1 is 1.11 bits per heavy atom. The summed E-state index contributed by atoms with van der Waals surface area (Å²) in [6, 6.07) is 7.50. The Kier molecular flexibility index (Phi) is 4.94. The Morgan fingerprint density at radius 2 is 1.82 bits per heavy atom. The van der Waals surface area contributed by atoms with Gasteiger partial charge in [-0.05, 0) is 31.0 Å². The summed E-state index contributed by atoms with van der Waals surface area (Å²) in [5.41, 5.74) is 2.88. The van der Waals surface area contributed by atoms with Gasteiger partial charge in [0, 0.05) is 48.4 Å². The van der Waals surface area contributed by atoms with E-state index in [0.717, 1.165) is 48.2 Å². The molecule has 4 rings (SSSR count). The number of hydrogen-bond donors (Lipinski definition) is 0. The number of rotatable bonds is 4. The first kappa shape index (κ1) is 18.3. The van der Waals surface area contributed by atoms with Crippen LogP contribution in [0.1, 0.15) is 48.8 Å². The van der Waals surface area contributed by atoms with Gasteiger partial charge in [-0.25, -0.2) is 15.0 Å². The molecule has 28 heavy (non-hydrogen) atoms. The van der Waals surface area contributed by atoms with E-state index in [1.54, 1.807) is 19.5 Å². The highest BCUT2D eigenvalue weighted by atomic mass is 16.5. The zero-order valence-corrected chi connectivity index (χ0v) is 16.5. The molecule has 3 heterocycles. The molecule has 0 aliphatic carbocycles. The van der Waals surface area contributed by atoms with E-state index < -0.39 is 0 Å². The molecule has 1 aliphatic rings. The van der Waals surface area contributed by atoms with Crippen LogP contribution < -0.4 is 4.74 Å². The van der Waals surface area contributed by atoms with Crippen molar-refractivity contribution in [1.82, 2.24) is 19.9 Å². The quantitative estimate of drug-likeness (QED) is 0.687. The second kappa shape index (κ2) is 7.54. The van der Waals surface area contributed by atoms with Crippen LogP contribution in [0.3, 0.4) is 0 Å². The molecule has 3 aromatic rings. The van der Waals surface area contributed by atoms with Crippen LogP contribution in [-0.4, -0.2) is 46.0 Å². The van der Waals surface area contributed by atoms with Crippen molar-refractivity contribution in [2.75, 3.05) is 20.2 Å². The fourth-order valence-electron chi connectivity index (χ4n) is 3.52. The van der Waals surface area contributed by atoms with E-state index in [4.69, 9.17) is 9.72 Å². The maximum Gasteiger partial charge on any atom is 0.254 e.